The molecule has 2 aromatic rings. The summed E-state index contributed by atoms with van der Waals surface area (Å²) in [6, 6.07) is 15.3. The molecular weight excluding hydrogens is 520 g/mol. The Hall–Kier alpha value is -3.84. The minimum absolute atomic E-state index is 0.0671. The fourth-order valence-electron chi connectivity index (χ4n) is 5.14. The highest BCUT2D eigenvalue weighted by atomic mass is 16.5. The topological polar surface area (TPSA) is 9.23 Å². The minimum atomic E-state index is 0.0671. The third-order valence-corrected chi connectivity index (χ3v) is 7.97. The quantitative estimate of drug-likeness (QED) is 0.218. The lowest BCUT2D eigenvalue weighted by Crippen LogP contribution is -2.00. The SMILES string of the molecule is CCCCCCCCOc1ccc(-c2cc(/C=C/C3=CC=CC(C)(C)C=C3)ccc2/C=C/C2=CC=CC(C)(C)C=C2)cc1. The van der Waals surface area contributed by atoms with Crippen LogP contribution in [0.4, 0.5) is 0 Å². The molecule has 0 aliphatic heterocycles. The number of hydrogen-bond acceptors (Lipinski definition) is 1. The number of benzene rings is 2. The van der Waals surface area contributed by atoms with Crippen LogP contribution < -0.4 is 4.74 Å². The number of hydrogen-bond donors (Lipinski definition) is 0. The number of ether oxygens (including phenoxy) is 1. The van der Waals surface area contributed by atoms with Crippen molar-refractivity contribution in [1.82, 2.24) is 0 Å². The van der Waals surface area contributed by atoms with Crippen molar-refractivity contribution in [2.75, 3.05) is 6.61 Å². The molecule has 0 saturated carbocycles. The van der Waals surface area contributed by atoms with E-state index < -0.39 is 0 Å². The Morgan fingerprint density at radius 2 is 1.23 bits per heavy atom. The van der Waals surface area contributed by atoms with Gasteiger partial charge in [0.15, 0.2) is 0 Å². The van der Waals surface area contributed by atoms with Crippen molar-refractivity contribution in [2.24, 2.45) is 10.8 Å². The fourth-order valence-corrected chi connectivity index (χ4v) is 5.14. The first-order valence-corrected chi connectivity index (χ1v) is 16.1. The van der Waals surface area contributed by atoms with Gasteiger partial charge in [0.2, 0.25) is 0 Å². The lowest BCUT2D eigenvalue weighted by molar-refractivity contribution is 0.304. The van der Waals surface area contributed by atoms with Gasteiger partial charge in [0.1, 0.15) is 5.75 Å². The van der Waals surface area contributed by atoms with E-state index in [4.69, 9.17) is 4.74 Å². The summed E-state index contributed by atoms with van der Waals surface area (Å²) < 4.78 is 6.08. The number of unbranched alkanes of at least 4 members (excludes halogenated alkanes) is 5. The highest BCUT2D eigenvalue weighted by Gasteiger charge is 2.11. The zero-order chi connectivity index (χ0) is 30.5. The summed E-state index contributed by atoms with van der Waals surface area (Å²) in [5, 5.41) is 0. The van der Waals surface area contributed by atoms with Crippen molar-refractivity contribution in [2.45, 2.75) is 73.1 Å². The summed E-state index contributed by atoms with van der Waals surface area (Å²) in [7, 11) is 0. The second kappa shape index (κ2) is 15.6. The average Bonchev–Trinajstić information content (AvgIpc) is 3.28. The molecule has 0 bridgehead atoms. The Balaban J connectivity index is 1.54. The van der Waals surface area contributed by atoms with E-state index in [-0.39, 0.29) is 10.8 Å². The van der Waals surface area contributed by atoms with Crippen LogP contribution in [0.3, 0.4) is 0 Å². The molecule has 0 N–H and O–H groups in total. The van der Waals surface area contributed by atoms with Crippen molar-refractivity contribution in [3.05, 3.63) is 138 Å². The molecular formula is C42H50O. The van der Waals surface area contributed by atoms with Crippen molar-refractivity contribution >= 4 is 12.2 Å². The van der Waals surface area contributed by atoms with E-state index in [1.807, 2.05) is 0 Å². The van der Waals surface area contributed by atoms with Gasteiger partial charge in [-0.3, -0.25) is 0 Å². The van der Waals surface area contributed by atoms with Crippen molar-refractivity contribution in [3.63, 3.8) is 0 Å². The third-order valence-electron chi connectivity index (χ3n) is 7.97. The number of rotatable bonds is 13. The van der Waals surface area contributed by atoms with Gasteiger partial charge in [-0.2, -0.15) is 0 Å². The van der Waals surface area contributed by atoms with E-state index in [9.17, 15) is 0 Å². The molecule has 0 aromatic heterocycles. The highest BCUT2D eigenvalue weighted by molar-refractivity contribution is 5.79. The van der Waals surface area contributed by atoms with Gasteiger partial charge in [-0.05, 0) is 58.0 Å². The third kappa shape index (κ3) is 10.7. The normalized spacial score (nSPS) is 17.2. The van der Waals surface area contributed by atoms with E-state index in [0.29, 0.717) is 0 Å². The molecule has 4 rings (SSSR count). The summed E-state index contributed by atoms with van der Waals surface area (Å²) in [5.74, 6) is 0.941. The molecule has 0 atom stereocenters. The van der Waals surface area contributed by atoms with Crippen molar-refractivity contribution in [1.29, 1.82) is 0 Å². The Kier molecular flexibility index (Phi) is 11.6. The van der Waals surface area contributed by atoms with E-state index in [1.54, 1.807) is 0 Å². The van der Waals surface area contributed by atoms with Gasteiger partial charge in [0.05, 0.1) is 6.61 Å². The molecule has 2 aliphatic carbocycles. The first kappa shape index (κ1) is 32.1. The summed E-state index contributed by atoms with van der Waals surface area (Å²) in [6.45, 7) is 11.9. The van der Waals surface area contributed by atoms with Gasteiger partial charge in [-0.1, -0.05) is 176 Å². The monoisotopic (exact) mass is 570 g/mol. The van der Waals surface area contributed by atoms with Gasteiger partial charge in [-0.15, -0.1) is 0 Å². The summed E-state index contributed by atoms with van der Waals surface area (Å²) in [5.41, 5.74) is 7.30. The standard InChI is InChI=1S/C42H50O/c1-6-7-8-9-10-11-32-43-39-24-22-38(23-25-39)40-33-36(17-16-34-14-12-28-41(2,3)30-26-34)19-21-37(40)20-18-35-15-13-29-42(4,5)31-27-35/h12-31,33H,6-11,32H2,1-5H3/b17-16+,20-18+. The van der Waals surface area contributed by atoms with Crippen LogP contribution in [0.15, 0.2) is 127 Å². The Morgan fingerprint density at radius 3 is 1.88 bits per heavy atom. The van der Waals surface area contributed by atoms with Gasteiger partial charge >= 0.3 is 0 Å². The van der Waals surface area contributed by atoms with Crippen LogP contribution in [0.25, 0.3) is 23.3 Å². The lowest BCUT2D eigenvalue weighted by atomic mass is 9.93. The summed E-state index contributed by atoms with van der Waals surface area (Å²) >= 11 is 0. The molecule has 1 heteroatoms. The maximum atomic E-state index is 6.08. The highest BCUT2D eigenvalue weighted by Crippen LogP contribution is 2.30. The molecule has 0 heterocycles. The van der Waals surface area contributed by atoms with E-state index in [0.717, 1.165) is 18.8 Å². The fraction of sp³-hybridized carbons (Fsp3) is 0.333. The second-order valence-electron chi connectivity index (χ2n) is 13.0. The molecule has 2 aliphatic rings. The van der Waals surface area contributed by atoms with Gasteiger partial charge in [-0.25, -0.2) is 0 Å². The summed E-state index contributed by atoms with van der Waals surface area (Å²) in [6.07, 6.45) is 38.6. The van der Waals surface area contributed by atoms with Crippen molar-refractivity contribution < 1.29 is 4.74 Å². The molecule has 0 radical (unpaired) electrons. The molecule has 0 amide bonds. The average molecular weight is 571 g/mol. The van der Waals surface area contributed by atoms with Gasteiger partial charge in [0, 0.05) is 10.8 Å². The zero-order valence-electron chi connectivity index (χ0n) is 27.0. The first-order chi connectivity index (χ1) is 20.7. The Bertz CT molecular complexity index is 1440. The predicted octanol–water partition coefficient (Wildman–Crippen LogP) is 12.3. The van der Waals surface area contributed by atoms with Crippen LogP contribution in [0.2, 0.25) is 0 Å². The van der Waals surface area contributed by atoms with E-state index in [1.165, 1.54) is 65.5 Å². The molecule has 0 spiro atoms. The second-order valence-corrected chi connectivity index (χ2v) is 13.0. The molecule has 224 valence electrons. The molecule has 43 heavy (non-hydrogen) atoms. The van der Waals surface area contributed by atoms with Crippen LogP contribution in [-0.4, -0.2) is 6.61 Å². The minimum Gasteiger partial charge on any atom is -0.494 e. The molecule has 0 unspecified atom stereocenters. The van der Waals surface area contributed by atoms with Gasteiger partial charge < -0.3 is 4.74 Å². The summed E-state index contributed by atoms with van der Waals surface area (Å²) in [4.78, 5) is 0. The maximum absolute atomic E-state index is 6.08. The molecule has 0 fully saturated rings. The smallest absolute Gasteiger partial charge is 0.119 e. The molecule has 1 nitrogen and oxygen atoms in total. The number of allylic oxidation sites excluding steroid dienone is 14. The van der Waals surface area contributed by atoms with Crippen LogP contribution in [0.1, 0.15) is 84.3 Å². The maximum Gasteiger partial charge on any atom is 0.119 e. The van der Waals surface area contributed by atoms with E-state index in [2.05, 4.69) is 162 Å². The van der Waals surface area contributed by atoms with Crippen LogP contribution in [0, 0.1) is 10.8 Å². The van der Waals surface area contributed by atoms with Crippen molar-refractivity contribution in [3.8, 4) is 16.9 Å². The molecule has 2 aromatic carbocycles. The Morgan fingerprint density at radius 1 is 0.628 bits per heavy atom. The molecule has 0 saturated heterocycles. The van der Waals surface area contributed by atoms with Gasteiger partial charge in [0.25, 0.3) is 0 Å². The Labute approximate surface area is 261 Å². The first-order valence-electron chi connectivity index (χ1n) is 16.1. The van der Waals surface area contributed by atoms with Crippen LogP contribution in [-0.2, 0) is 0 Å². The predicted molar refractivity (Wildman–Crippen MR) is 189 cm³/mol. The van der Waals surface area contributed by atoms with Crippen LogP contribution >= 0.6 is 0 Å². The lowest BCUT2D eigenvalue weighted by Gasteiger charge is -2.12. The largest absolute Gasteiger partial charge is 0.494 e. The van der Waals surface area contributed by atoms with Crippen LogP contribution in [0.5, 0.6) is 5.75 Å². The van der Waals surface area contributed by atoms with E-state index >= 15 is 0 Å². The zero-order valence-corrected chi connectivity index (χ0v) is 27.0.